The lowest BCUT2D eigenvalue weighted by atomic mass is 9.89. The van der Waals surface area contributed by atoms with Crippen molar-refractivity contribution >= 4 is 5.82 Å². The molecule has 0 aliphatic carbocycles. The summed E-state index contributed by atoms with van der Waals surface area (Å²) in [6.45, 7) is 9.61. The molecule has 2 aliphatic heterocycles. The zero-order chi connectivity index (χ0) is 15.4. The summed E-state index contributed by atoms with van der Waals surface area (Å²) in [6.07, 6.45) is 4.31. The summed E-state index contributed by atoms with van der Waals surface area (Å²) in [7, 11) is 0. The van der Waals surface area contributed by atoms with Gasteiger partial charge in [-0.25, -0.2) is 4.98 Å². The Balaban J connectivity index is 1.48. The van der Waals surface area contributed by atoms with Crippen molar-refractivity contribution in [3.8, 4) is 0 Å². The van der Waals surface area contributed by atoms with Crippen LogP contribution in [-0.2, 0) is 11.3 Å². The maximum Gasteiger partial charge on any atom is 0.127 e. The molecule has 1 atom stereocenters. The highest BCUT2D eigenvalue weighted by Gasteiger charge is 2.28. The average molecular weight is 304 g/mol. The lowest BCUT2D eigenvalue weighted by molar-refractivity contribution is -0.00191. The van der Waals surface area contributed by atoms with Gasteiger partial charge in [0.2, 0.25) is 0 Å². The predicted molar refractivity (Wildman–Crippen MR) is 88.5 cm³/mol. The van der Waals surface area contributed by atoms with E-state index in [0.717, 1.165) is 57.4 Å². The number of pyridine rings is 1. The Morgan fingerprint density at radius 3 is 2.68 bits per heavy atom. The van der Waals surface area contributed by atoms with Crippen LogP contribution in [0.5, 0.6) is 0 Å². The largest absolute Gasteiger partial charge is 0.383 e. The molecule has 3 rings (SSSR count). The summed E-state index contributed by atoms with van der Waals surface area (Å²) < 4.78 is 5.46. The van der Waals surface area contributed by atoms with E-state index in [1.807, 2.05) is 6.07 Å². The maximum absolute atomic E-state index is 5.95. The fourth-order valence-corrected chi connectivity index (χ4v) is 3.70. The second kappa shape index (κ2) is 7.40. The number of aromatic nitrogens is 1. The summed E-state index contributed by atoms with van der Waals surface area (Å²) in [5, 5.41) is 0. The average Bonchev–Trinajstić information content (AvgIpc) is 2.58. The molecule has 122 valence electrons. The molecule has 3 heterocycles. The van der Waals surface area contributed by atoms with Crippen molar-refractivity contribution in [2.75, 3.05) is 45.1 Å². The van der Waals surface area contributed by atoms with Crippen molar-refractivity contribution in [2.24, 2.45) is 5.92 Å². The van der Waals surface area contributed by atoms with E-state index in [9.17, 15) is 0 Å². The predicted octanol–water partition coefficient (Wildman–Crippen LogP) is 1.60. The van der Waals surface area contributed by atoms with Gasteiger partial charge in [-0.1, -0.05) is 6.07 Å². The first-order valence-corrected chi connectivity index (χ1v) is 8.47. The summed E-state index contributed by atoms with van der Waals surface area (Å²) in [6, 6.07) is 4.73. The molecule has 5 nitrogen and oxygen atoms in total. The number of hydrogen-bond donors (Lipinski definition) is 1. The van der Waals surface area contributed by atoms with Gasteiger partial charge in [-0.3, -0.25) is 9.80 Å². The molecular weight excluding hydrogens is 276 g/mol. The van der Waals surface area contributed by atoms with Gasteiger partial charge in [-0.15, -0.1) is 0 Å². The minimum atomic E-state index is 0.673. The highest BCUT2D eigenvalue weighted by Crippen LogP contribution is 2.26. The number of piperidine rings is 1. The van der Waals surface area contributed by atoms with Crippen molar-refractivity contribution in [1.82, 2.24) is 14.8 Å². The zero-order valence-corrected chi connectivity index (χ0v) is 13.6. The fraction of sp³-hybridized carbons (Fsp3) is 0.706. The van der Waals surface area contributed by atoms with Crippen LogP contribution in [0.15, 0.2) is 18.3 Å². The summed E-state index contributed by atoms with van der Waals surface area (Å²) in [5.41, 5.74) is 7.11. The number of nitrogens with zero attached hydrogens (tertiary/aromatic N) is 3. The molecule has 0 spiro atoms. The van der Waals surface area contributed by atoms with E-state index >= 15 is 0 Å². The van der Waals surface area contributed by atoms with Crippen LogP contribution in [0.2, 0.25) is 0 Å². The van der Waals surface area contributed by atoms with Crippen molar-refractivity contribution < 1.29 is 4.74 Å². The first-order valence-electron chi connectivity index (χ1n) is 8.47. The Hall–Kier alpha value is -1.17. The van der Waals surface area contributed by atoms with Crippen molar-refractivity contribution in [1.29, 1.82) is 0 Å². The van der Waals surface area contributed by atoms with Crippen LogP contribution in [0.25, 0.3) is 0 Å². The van der Waals surface area contributed by atoms with Crippen LogP contribution in [0.4, 0.5) is 5.82 Å². The Bertz CT molecular complexity index is 467. The molecule has 2 N–H and O–H groups in total. The Morgan fingerprint density at radius 2 is 2.00 bits per heavy atom. The highest BCUT2D eigenvalue weighted by atomic mass is 16.5. The van der Waals surface area contributed by atoms with Gasteiger partial charge in [0.05, 0.1) is 13.2 Å². The topological polar surface area (TPSA) is 54.6 Å². The molecule has 1 aromatic heterocycles. The van der Waals surface area contributed by atoms with E-state index in [1.54, 1.807) is 6.20 Å². The molecule has 0 radical (unpaired) electrons. The van der Waals surface area contributed by atoms with Gasteiger partial charge < -0.3 is 10.5 Å². The molecule has 0 aromatic carbocycles. The van der Waals surface area contributed by atoms with Gasteiger partial charge >= 0.3 is 0 Å². The number of nitrogens with two attached hydrogens (primary N) is 1. The van der Waals surface area contributed by atoms with Crippen LogP contribution < -0.4 is 5.73 Å². The number of nitrogen functional groups attached to an aromatic ring is 1. The first kappa shape index (κ1) is 15.7. The lowest BCUT2D eigenvalue weighted by Gasteiger charge is -2.41. The third-order valence-electron chi connectivity index (χ3n) is 5.26. The van der Waals surface area contributed by atoms with Crippen LogP contribution in [-0.4, -0.2) is 60.2 Å². The maximum atomic E-state index is 5.95. The van der Waals surface area contributed by atoms with Crippen LogP contribution >= 0.6 is 0 Å². The standard InChI is InChI=1S/C17H28N4O/c1-14(21-9-11-22-12-10-21)15-4-7-20(8-5-15)13-16-3-2-6-19-17(16)18/h2-3,6,14-15H,4-5,7-13H2,1H3,(H2,18,19). The zero-order valence-electron chi connectivity index (χ0n) is 13.6. The first-order chi connectivity index (χ1) is 10.7. The van der Waals surface area contributed by atoms with Gasteiger partial charge in [-0.2, -0.15) is 0 Å². The van der Waals surface area contributed by atoms with Gasteiger partial charge in [0.1, 0.15) is 5.82 Å². The van der Waals surface area contributed by atoms with E-state index in [0.29, 0.717) is 11.9 Å². The summed E-state index contributed by atoms with van der Waals surface area (Å²) in [4.78, 5) is 9.29. The van der Waals surface area contributed by atoms with Gasteiger partial charge in [0.15, 0.2) is 0 Å². The summed E-state index contributed by atoms with van der Waals surface area (Å²) >= 11 is 0. The third-order valence-corrected chi connectivity index (χ3v) is 5.26. The van der Waals surface area contributed by atoms with Gasteiger partial charge in [-0.05, 0) is 44.8 Å². The van der Waals surface area contributed by atoms with Crippen molar-refractivity contribution in [3.63, 3.8) is 0 Å². The SMILES string of the molecule is CC(C1CCN(Cc2cccnc2N)CC1)N1CCOCC1. The highest BCUT2D eigenvalue weighted by molar-refractivity contribution is 5.38. The molecule has 0 amide bonds. The number of ether oxygens (including phenoxy) is 1. The lowest BCUT2D eigenvalue weighted by Crippen LogP contribution is -2.48. The van der Waals surface area contributed by atoms with E-state index < -0.39 is 0 Å². The smallest absolute Gasteiger partial charge is 0.127 e. The second-order valence-electron chi connectivity index (χ2n) is 6.55. The molecular formula is C17H28N4O. The summed E-state index contributed by atoms with van der Waals surface area (Å²) in [5.74, 6) is 1.48. The molecule has 1 unspecified atom stereocenters. The van der Waals surface area contributed by atoms with E-state index in [2.05, 4.69) is 27.8 Å². The normalized spacial score (nSPS) is 23.5. The second-order valence-corrected chi connectivity index (χ2v) is 6.55. The number of hydrogen-bond acceptors (Lipinski definition) is 5. The van der Waals surface area contributed by atoms with Crippen molar-refractivity contribution in [3.05, 3.63) is 23.9 Å². The quantitative estimate of drug-likeness (QED) is 0.915. The molecule has 1 aromatic rings. The molecule has 5 heteroatoms. The molecule has 2 fully saturated rings. The molecule has 22 heavy (non-hydrogen) atoms. The number of rotatable bonds is 4. The van der Waals surface area contributed by atoms with Crippen LogP contribution in [0, 0.1) is 5.92 Å². The third kappa shape index (κ3) is 3.77. The van der Waals surface area contributed by atoms with E-state index in [4.69, 9.17) is 10.5 Å². The minimum absolute atomic E-state index is 0.673. The Morgan fingerprint density at radius 1 is 1.27 bits per heavy atom. The molecule has 2 aliphatic rings. The molecule has 0 bridgehead atoms. The minimum Gasteiger partial charge on any atom is -0.383 e. The number of anilines is 1. The number of morpholine rings is 1. The molecule has 0 saturated carbocycles. The van der Waals surface area contributed by atoms with Crippen LogP contribution in [0.3, 0.4) is 0 Å². The Kier molecular flexibility index (Phi) is 5.28. The van der Waals surface area contributed by atoms with E-state index in [1.165, 1.54) is 12.8 Å². The van der Waals surface area contributed by atoms with E-state index in [-0.39, 0.29) is 0 Å². The van der Waals surface area contributed by atoms with Gasteiger partial charge in [0, 0.05) is 37.4 Å². The monoisotopic (exact) mass is 304 g/mol. The van der Waals surface area contributed by atoms with Crippen LogP contribution in [0.1, 0.15) is 25.3 Å². The van der Waals surface area contributed by atoms with Gasteiger partial charge in [0.25, 0.3) is 0 Å². The fourth-order valence-electron chi connectivity index (χ4n) is 3.70. The Labute approximate surface area is 133 Å². The molecule has 2 saturated heterocycles. The number of likely N-dealkylation sites (tertiary alicyclic amines) is 1. The van der Waals surface area contributed by atoms with Crippen molar-refractivity contribution in [2.45, 2.75) is 32.4 Å².